The standard InChI is InChI=1S/C21H14Cl2N2OS/c22-15-10-11-17(23)16(12-15)20(26)25(13-14-6-2-1-3-7-14)21-24-18-8-4-5-9-19(18)27-21/h1-12H,13H2. The van der Waals surface area contributed by atoms with E-state index >= 15 is 0 Å². The zero-order valence-corrected chi connectivity index (χ0v) is 16.4. The third-order valence-electron chi connectivity index (χ3n) is 4.10. The molecule has 0 spiro atoms. The van der Waals surface area contributed by atoms with Crippen molar-refractivity contribution in [3.8, 4) is 0 Å². The molecule has 27 heavy (non-hydrogen) atoms. The molecule has 6 heteroatoms. The second kappa shape index (κ2) is 7.69. The van der Waals surface area contributed by atoms with Gasteiger partial charge in [0.2, 0.25) is 0 Å². The van der Waals surface area contributed by atoms with E-state index in [0.717, 1.165) is 15.8 Å². The minimum Gasteiger partial charge on any atom is -0.279 e. The largest absolute Gasteiger partial charge is 0.279 e. The molecule has 1 aromatic heterocycles. The number of fused-ring (bicyclic) bond motifs is 1. The molecule has 0 aliphatic rings. The van der Waals surface area contributed by atoms with Gasteiger partial charge in [-0.3, -0.25) is 9.69 Å². The molecule has 4 aromatic rings. The Kier molecular flexibility index (Phi) is 5.12. The smallest absolute Gasteiger partial charge is 0.261 e. The highest BCUT2D eigenvalue weighted by Gasteiger charge is 2.23. The third kappa shape index (κ3) is 3.83. The molecule has 0 unspecified atom stereocenters. The molecule has 0 fully saturated rings. The number of rotatable bonds is 4. The molecular formula is C21H14Cl2N2OS. The number of thiazole rings is 1. The molecule has 0 N–H and O–H groups in total. The van der Waals surface area contributed by atoms with Gasteiger partial charge < -0.3 is 0 Å². The fourth-order valence-electron chi connectivity index (χ4n) is 2.77. The lowest BCUT2D eigenvalue weighted by Gasteiger charge is -2.21. The summed E-state index contributed by atoms with van der Waals surface area (Å²) in [6.45, 7) is 0.391. The van der Waals surface area contributed by atoms with E-state index in [1.165, 1.54) is 11.3 Å². The molecule has 0 saturated carbocycles. The van der Waals surface area contributed by atoms with Crippen molar-refractivity contribution in [1.29, 1.82) is 0 Å². The first-order valence-corrected chi connectivity index (χ1v) is 9.85. The quantitative estimate of drug-likeness (QED) is 0.385. The molecule has 4 rings (SSSR count). The predicted octanol–water partition coefficient (Wildman–Crippen LogP) is 6.45. The molecule has 0 bridgehead atoms. The Morgan fingerprint density at radius 2 is 1.70 bits per heavy atom. The van der Waals surface area contributed by atoms with E-state index in [2.05, 4.69) is 4.98 Å². The van der Waals surface area contributed by atoms with Crippen molar-refractivity contribution in [2.45, 2.75) is 6.54 Å². The number of nitrogens with zero attached hydrogens (tertiary/aromatic N) is 2. The van der Waals surface area contributed by atoms with E-state index in [9.17, 15) is 4.79 Å². The molecule has 1 heterocycles. The van der Waals surface area contributed by atoms with Gasteiger partial charge in [0.1, 0.15) is 0 Å². The molecule has 0 radical (unpaired) electrons. The average molecular weight is 413 g/mol. The van der Waals surface area contributed by atoms with E-state index in [1.54, 1.807) is 23.1 Å². The number of aromatic nitrogens is 1. The molecule has 1 amide bonds. The van der Waals surface area contributed by atoms with Crippen LogP contribution in [-0.4, -0.2) is 10.9 Å². The van der Waals surface area contributed by atoms with Crippen molar-refractivity contribution in [3.63, 3.8) is 0 Å². The zero-order valence-electron chi connectivity index (χ0n) is 14.1. The normalized spacial score (nSPS) is 10.9. The molecule has 0 atom stereocenters. The summed E-state index contributed by atoms with van der Waals surface area (Å²) in [5.74, 6) is -0.231. The Hall–Kier alpha value is -2.40. The number of benzene rings is 3. The number of carbonyl (C=O) groups is 1. The summed E-state index contributed by atoms with van der Waals surface area (Å²) >= 11 is 13.9. The summed E-state index contributed by atoms with van der Waals surface area (Å²) in [6, 6.07) is 22.5. The topological polar surface area (TPSA) is 33.2 Å². The fraction of sp³-hybridized carbons (Fsp3) is 0.0476. The first kappa shape index (κ1) is 18.0. The summed E-state index contributed by atoms with van der Waals surface area (Å²) in [4.78, 5) is 19.7. The molecular weight excluding hydrogens is 399 g/mol. The van der Waals surface area contributed by atoms with Crippen LogP contribution in [0.2, 0.25) is 10.0 Å². The van der Waals surface area contributed by atoms with E-state index in [-0.39, 0.29) is 5.91 Å². The Balaban J connectivity index is 1.79. The van der Waals surface area contributed by atoms with E-state index in [1.807, 2.05) is 54.6 Å². The average Bonchev–Trinajstić information content (AvgIpc) is 3.12. The molecule has 3 nitrogen and oxygen atoms in total. The number of halogens is 2. The van der Waals surface area contributed by atoms with Crippen molar-refractivity contribution in [2.75, 3.05) is 4.90 Å². The van der Waals surface area contributed by atoms with E-state index in [0.29, 0.717) is 27.3 Å². The first-order valence-electron chi connectivity index (χ1n) is 8.28. The lowest BCUT2D eigenvalue weighted by Crippen LogP contribution is -2.30. The number of anilines is 1. The summed E-state index contributed by atoms with van der Waals surface area (Å²) in [7, 11) is 0. The van der Waals surface area contributed by atoms with Gasteiger partial charge in [-0.2, -0.15) is 0 Å². The van der Waals surface area contributed by atoms with Crippen LogP contribution in [-0.2, 0) is 6.54 Å². The number of hydrogen-bond acceptors (Lipinski definition) is 3. The van der Waals surface area contributed by atoms with Crippen LogP contribution in [0.1, 0.15) is 15.9 Å². The number of amides is 1. The third-order valence-corrected chi connectivity index (χ3v) is 5.73. The first-order chi connectivity index (χ1) is 13.1. The number of hydrogen-bond donors (Lipinski definition) is 0. The van der Waals surface area contributed by atoms with Crippen LogP contribution in [0.3, 0.4) is 0 Å². The van der Waals surface area contributed by atoms with E-state index < -0.39 is 0 Å². The Morgan fingerprint density at radius 3 is 2.48 bits per heavy atom. The van der Waals surface area contributed by atoms with Crippen LogP contribution >= 0.6 is 34.5 Å². The second-order valence-corrected chi connectivity index (χ2v) is 7.82. The Bertz CT molecular complexity index is 1080. The van der Waals surface area contributed by atoms with Gasteiger partial charge in [-0.25, -0.2) is 4.98 Å². The number of carbonyl (C=O) groups excluding carboxylic acids is 1. The molecule has 3 aromatic carbocycles. The summed E-state index contributed by atoms with van der Waals surface area (Å²) < 4.78 is 1.02. The van der Waals surface area contributed by atoms with Gasteiger partial charge in [0.05, 0.1) is 27.3 Å². The van der Waals surface area contributed by atoms with Crippen molar-refractivity contribution in [2.24, 2.45) is 0 Å². The minimum atomic E-state index is -0.231. The van der Waals surface area contributed by atoms with Crippen LogP contribution < -0.4 is 4.90 Å². The highest BCUT2D eigenvalue weighted by Crippen LogP contribution is 2.32. The predicted molar refractivity (Wildman–Crippen MR) is 113 cm³/mol. The Labute approximate surface area is 170 Å². The maximum Gasteiger partial charge on any atom is 0.261 e. The van der Waals surface area contributed by atoms with Crippen molar-refractivity contribution >= 4 is 55.8 Å². The van der Waals surface area contributed by atoms with Gasteiger partial charge in [0, 0.05) is 5.02 Å². The van der Waals surface area contributed by atoms with Crippen LogP contribution in [0.4, 0.5) is 5.13 Å². The van der Waals surface area contributed by atoms with Crippen LogP contribution in [0.15, 0.2) is 72.8 Å². The zero-order chi connectivity index (χ0) is 18.8. The SMILES string of the molecule is O=C(c1cc(Cl)ccc1Cl)N(Cc1ccccc1)c1nc2ccccc2s1. The van der Waals surface area contributed by atoms with Crippen LogP contribution in [0.25, 0.3) is 10.2 Å². The number of para-hydroxylation sites is 1. The van der Waals surface area contributed by atoms with Crippen LogP contribution in [0.5, 0.6) is 0 Å². The van der Waals surface area contributed by atoms with Gasteiger partial charge >= 0.3 is 0 Å². The monoisotopic (exact) mass is 412 g/mol. The summed E-state index contributed by atoms with van der Waals surface area (Å²) in [5.41, 5.74) is 2.23. The Morgan fingerprint density at radius 1 is 0.963 bits per heavy atom. The molecule has 134 valence electrons. The van der Waals surface area contributed by atoms with Crippen LogP contribution in [0, 0.1) is 0 Å². The molecule has 0 aliphatic heterocycles. The van der Waals surface area contributed by atoms with Crippen molar-refractivity contribution in [3.05, 3.63) is 94.0 Å². The highest BCUT2D eigenvalue weighted by molar-refractivity contribution is 7.22. The fourth-order valence-corrected chi connectivity index (χ4v) is 4.11. The lowest BCUT2D eigenvalue weighted by molar-refractivity contribution is 0.0985. The maximum absolute atomic E-state index is 13.3. The van der Waals surface area contributed by atoms with Crippen molar-refractivity contribution < 1.29 is 4.79 Å². The highest BCUT2D eigenvalue weighted by atomic mass is 35.5. The van der Waals surface area contributed by atoms with Crippen molar-refractivity contribution in [1.82, 2.24) is 4.98 Å². The van der Waals surface area contributed by atoms with Gasteiger partial charge in [0.15, 0.2) is 5.13 Å². The van der Waals surface area contributed by atoms with Gasteiger partial charge in [-0.1, -0.05) is 77.0 Å². The second-order valence-electron chi connectivity index (χ2n) is 5.97. The van der Waals surface area contributed by atoms with Gasteiger partial charge in [0.25, 0.3) is 5.91 Å². The molecule has 0 aliphatic carbocycles. The molecule has 0 saturated heterocycles. The van der Waals surface area contributed by atoms with Gasteiger partial charge in [-0.05, 0) is 35.9 Å². The maximum atomic E-state index is 13.3. The van der Waals surface area contributed by atoms with E-state index in [4.69, 9.17) is 23.2 Å². The minimum absolute atomic E-state index is 0.231. The lowest BCUT2D eigenvalue weighted by atomic mass is 10.1. The summed E-state index contributed by atoms with van der Waals surface area (Å²) in [6.07, 6.45) is 0. The van der Waals surface area contributed by atoms with Gasteiger partial charge in [-0.15, -0.1) is 0 Å². The summed E-state index contributed by atoms with van der Waals surface area (Å²) in [5, 5.41) is 1.45.